The minimum atomic E-state index is -0.548. The van der Waals surface area contributed by atoms with Crippen LogP contribution in [0, 0.1) is 25.5 Å². The Morgan fingerprint density at radius 2 is 1.86 bits per heavy atom. The summed E-state index contributed by atoms with van der Waals surface area (Å²) in [6.45, 7) is 5.06. The van der Waals surface area contributed by atoms with Gasteiger partial charge in [0.2, 0.25) is 0 Å². The Kier molecular flexibility index (Phi) is 10.3. The first kappa shape index (κ1) is 24.7. The molecule has 9 heteroatoms. The van der Waals surface area contributed by atoms with Crippen molar-refractivity contribution in [1.82, 2.24) is 20.5 Å². The van der Waals surface area contributed by atoms with Gasteiger partial charge in [0.25, 0.3) is 0 Å². The molecule has 0 bridgehead atoms. The van der Waals surface area contributed by atoms with Crippen LogP contribution >= 0.6 is 35.3 Å². The van der Waals surface area contributed by atoms with Gasteiger partial charge in [-0.1, -0.05) is 6.07 Å². The van der Waals surface area contributed by atoms with Crippen molar-refractivity contribution in [2.45, 2.75) is 26.3 Å². The standard InChI is InChI=1S/C19H27F2N5S.HI/c1-12-13(2)27-17(25-12)9-10-23-19(22-3)24-11-16(26(4)5)18-14(20)7-6-8-15(18)21;/h6-8,16H,9-11H2,1-5H3,(H2,22,23,24);1H. The van der Waals surface area contributed by atoms with E-state index in [4.69, 9.17) is 0 Å². The number of hydrogen-bond donors (Lipinski definition) is 2. The lowest BCUT2D eigenvalue weighted by Gasteiger charge is -2.26. The predicted octanol–water partition coefficient (Wildman–Crippen LogP) is 3.67. The minimum Gasteiger partial charge on any atom is -0.356 e. The number of aryl methyl sites for hydroxylation is 2. The zero-order valence-corrected chi connectivity index (χ0v) is 20.0. The number of aliphatic imine (C=N–C) groups is 1. The third-order valence-electron chi connectivity index (χ3n) is 4.35. The smallest absolute Gasteiger partial charge is 0.191 e. The highest BCUT2D eigenvalue weighted by Gasteiger charge is 2.22. The molecular formula is C19H28F2IN5S. The normalized spacial score (nSPS) is 12.6. The van der Waals surface area contributed by atoms with Gasteiger partial charge in [0.1, 0.15) is 11.6 Å². The molecule has 0 amide bonds. The summed E-state index contributed by atoms with van der Waals surface area (Å²) in [4.78, 5) is 11.7. The van der Waals surface area contributed by atoms with Gasteiger partial charge in [-0.05, 0) is 40.1 Å². The van der Waals surface area contributed by atoms with Crippen LogP contribution in [0.3, 0.4) is 0 Å². The van der Waals surface area contributed by atoms with Crippen LogP contribution in [0.25, 0.3) is 0 Å². The summed E-state index contributed by atoms with van der Waals surface area (Å²) in [5, 5.41) is 7.45. The summed E-state index contributed by atoms with van der Waals surface area (Å²) in [6, 6.07) is 3.46. The molecule has 2 N–H and O–H groups in total. The van der Waals surface area contributed by atoms with E-state index in [1.165, 1.54) is 23.1 Å². The maximum Gasteiger partial charge on any atom is 0.191 e. The van der Waals surface area contributed by atoms with Crippen molar-refractivity contribution in [3.8, 4) is 0 Å². The molecule has 0 aliphatic heterocycles. The number of nitrogens with zero attached hydrogens (tertiary/aromatic N) is 3. The number of likely N-dealkylation sites (N-methyl/N-ethyl adjacent to an activating group) is 1. The van der Waals surface area contributed by atoms with Crippen LogP contribution in [0.4, 0.5) is 8.78 Å². The molecule has 156 valence electrons. The Morgan fingerprint density at radius 3 is 2.36 bits per heavy atom. The van der Waals surface area contributed by atoms with Crippen LogP contribution in [-0.2, 0) is 6.42 Å². The maximum absolute atomic E-state index is 14.1. The van der Waals surface area contributed by atoms with E-state index in [0.717, 1.165) is 17.1 Å². The van der Waals surface area contributed by atoms with E-state index in [1.54, 1.807) is 37.4 Å². The van der Waals surface area contributed by atoms with Crippen LogP contribution < -0.4 is 10.6 Å². The fourth-order valence-electron chi connectivity index (χ4n) is 2.72. The number of halogens is 3. The Hall–Kier alpha value is -1.33. The molecule has 2 aromatic rings. The quantitative estimate of drug-likeness (QED) is 0.331. The molecule has 5 nitrogen and oxygen atoms in total. The molecule has 1 heterocycles. The molecule has 0 aliphatic carbocycles. The second-order valence-corrected chi connectivity index (χ2v) is 7.78. The number of rotatable bonds is 7. The van der Waals surface area contributed by atoms with Gasteiger partial charge in [0.15, 0.2) is 5.96 Å². The van der Waals surface area contributed by atoms with Crippen molar-refractivity contribution in [1.29, 1.82) is 0 Å². The summed E-state index contributed by atoms with van der Waals surface area (Å²) < 4.78 is 28.3. The van der Waals surface area contributed by atoms with Crippen molar-refractivity contribution in [3.05, 3.63) is 51.0 Å². The van der Waals surface area contributed by atoms with E-state index >= 15 is 0 Å². The highest BCUT2D eigenvalue weighted by Crippen LogP contribution is 2.23. The number of aromatic nitrogens is 1. The lowest BCUT2D eigenvalue weighted by Crippen LogP contribution is -2.42. The van der Waals surface area contributed by atoms with E-state index in [0.29, 0.717) is 19.0 Å². The third-order valence-corrected chi connectivity index (χ3v) is 5.48. The molecular weight excluding hydrogens is 495 g/mol. The molecule has 0 saturated heterocycles. The van der Waals surface area contributed by atoms with Gasteiger partial charge in [-0.25, -0.2) is 13.8 Å². The molecule has 1 unspecified atom stereocenters. The van der Waals surface area contributed by atoms with Crippen LogP contribution in [0.2, 0.25) is 0 Å². The molecule has 0 fully saturated rings. The second-order valence-electron chi connectivity index (χ2n) is 6.49. The van der Waals surface area contributed by atoms with E-state index in [1.807, 2.05) is 6.92 Å². The van der Waals surface area contributed by atoms with Crippen molar-refractivity contribution >= 4 is 41.3 Å². The molecule has 0 radical (unpaired) electrons. The Bertz CT molecular complexity index is 755. The zero-order valence-electron chi connectivity index (χ0n) is 16.8. The van der Waals surface area contributed by atoms with Gasteiger partial charge in [0.05, 0.1) is 16.7 Å². The molecule has 1 aromatic carbocycles. The predicted molar refractivity (Wildman–Crippen MR) is 123 cm³/mol. The Labute approximate surface area is 186 Å². The minimum absolute atomic E-state index is 0. The van der Waals surface area contributed by atoms with Gasteiger partial charge in [0, 0.05) is 37.0 Å². The van der Waals surface area contributed by atoms with E-state index < -0.39 is 17.7 Å². The fraction of sp³-hybridized carbons (Fsp3) is 0.474. The second kappa shape index (κ2) is 11.6. The summed E-state index contributed by atoms with van der Waals surface area (Å²) >= 11 is 1.69. The lowest BCUT2D eigenvalue weighted by atomic mass is 10.0. The first-order chi connectivity index (χ1) is 12.8. The molecule has 1 atom stereocenters. The summed E-state index contributed by atoms with van der Waals surface area (Å²) in [6.07, 6.45) is 0.791. The van der Waals surface area contributed by atoms with Gasteiger partial charge < -0.3 is 15.5 Å². The van der Waals surface area contributed by atoms with Gasteiger partial charge >= 0.3 is 0 Å². The Balaban J connectivity index is 0.00000392. The molecule has 0 saturated carbocycles. The average molecular weight is 523 g/mol. The van der Waals surface area contributed by atoms with Gasteiger partial charge in [-0.2, -0.15) is 0 Å². The SMILES string of the molecule is CN=C(NCCc1nc(C)c(C)s1)NCC(c1c(F)cccc1F)N(C)C.I. The van der Waals surface area contributed by atoms with Crippen molar-refractivity contribution in [2.75, 3.05) is 34.2 Å². The summed E-state index contributed by atoms with van der Waals surface area (Å²) in [5.41, 5.74) is 1.12. The van der Waals surface area contributed by atoms with Gasteiger partial charge in [-0.15, -0.1) is 35.3 Å². The first-order valence-corrected chi connectivity index (χ1v) is 9.62. The summed E-state index contributed by atoms with van der Waals surface area (Å²) in [7, 11) is 5.25. The zero-order chi connectivity index (χ0) is 20.0. The van der Waals surface area contributed by atoms with Crippen molar-refractivity contribution < 1.29 is 8.78 Å². The van der Waals surface area contributed by atoms with Crippen molar-refractivity contribution in [2.24, 2.45) is 4.99 Å². The molecule has 1 aromatic heterocycles. The number of guanidine groups is 1. The average Bonchev–Trinajstić information content (AvgIpc) is 2.93. The number of nitrogens with one attached hydrogen (secondary N) is 2. The van der Waals surface area contributed by atoms with E-state index in [2.05, 4.69) is 27.5 Å². The highest BCUT2D eigenvalue weighted by molar-refractivity contribution is 14.0. The number of thiazole rings is 1. The maximum atomic E-state index is 14.1. The fourth-order valence-corrected chi connectivity index (χ4v) is 3.65. The number of benzene rings is 1. The van der Waals surface area contributed by atoms with Gasteiger partial charge in [-0.3, -0.25) is 4.99 Å². The molecule has 28 heavy (non-hydrogen) atoms. The van der Waals surface area contributed by atoms with Crippen LogP contribution in [0.1, 0.15) is 27.2 Å². The largest absolute Gasteiger partial charge is 0.356 e. The van der Waals surface area contributed by atoms with Crippen LogP contribution in [0.15, 0.2) is 23.2 Å². The van der Waals surface area contributed by atoms with Crippen LogP contribution in [0.5, 0.6) is 0 Å². The Morgan fingerprint density at radius 1 is 1.21 bits per heavy atom. The molecule has 0 spiro atoms. The first-order valence-electron chi connectivity index (χ1n) is 8.81. The van der Waals surface area contributed by atoms with Crippen LogP contribution in [-0.4, -0.2) is 50.1 Å². The van der Waals surface area contributed by atoms with Crippen molar-refractivity contribution in [3.63, 3.8) is 0 Å². The van der Waals surface area contributed by atoms with E-state index in [9.17, 15) is 8.78 Å². The molecule has 2 rings (SSSR count). The monoisotopic (exact) mass is 523 g/mol. The van der Waals surface area contributed by atoms with E-state index in [-0.39, 0.29) is 29.5 Å². The lowest BCUT2D eigenvalue weighted by molar-refractivity contribution is 0.282. The summed E-state index contributed by atoms with van der Waals surface area (Å²) in [5.74, 6) is -0.510. The third kappa shape index (κ3) is 6.63. The molecule has 0 aliphatic rings. The topological polar surface area (TPSA) is 52.6 Å². The number of hydrogen-bond acceptors (Lipinski definition) is 4. The highest BCUT2D eigenvalue weighted by atomic mass is 127.